The summed E-state index contributed by atoms with van der Waals surface area (Å²) in [7, 11) is 0. The number of carbonyl (C=O) groups is 1. The Balaban J connectivity index is 2.39. The third-order valence-corrected chi connectivity index (χ3v) is 3.04. The maximum absolute atomic E-state index is 11.6. The van der Waals surface area contributed by atoms with Crippen molar-refractivity contribution in [1.82, 2.24) is 5.32 Å². The lowest BCUT2D eigenvalue weighted by molar-refractivity contribution is 0.0947. The molecule has 2 heteroatoms. The van der Waals surface area contributed by atoms with Crippen LogP contribution in [0.1, 0.15) is 42.2 Å². The zero-order valence-corrected chi connectivity index (χ0v) is 8.58. The standard InChI is InChI=1S/C12H15NO/c1-3-8(2)11-9-6-4-5-7-10(9)12(14)13-11/h4-8,11H,3H2,1-2H3,(H,13,14). The van der Waals surface area contributed by atoms with Gasteiger partial charge in [0.1, 0.15) is 0 Å². The van der Waals surface area contributed by atoms with Gasteiger partial charge in [-0.2, -0.15) is 0 Å². The van der Waals surface area contributed by atoms with Gasteiger partial charge in [-0.1, -0.05) is 38.5 Å². The van der Waals surface area contributed by atoms with Crippen molar-refractivity contribution in [3.05, 3.63) is 35.4 Å². The molecule has 0 fully saturated rings. The predicted molar refractivity (Wildman–Crippen MR) is 56.1 cm³/mol. The van der Waals surface area contributed by atoms with Crippen LogP contribution < -0.4 is 5.32 Å². The molecule has 0 saturated heterocycles. The molecule has 1 aromatic carbocycles. The van der Waals surface area contributed by atoms with Gasteiger partial charge < -0.3 is 5.32 Å². The molecule has 1 aliphatic rings. The molecule has 0 saturated carbocycles. The van der Waals surface area contributed by atoms with Crippen LogP contribution in [0.2, 0.25) is 0 Å². The summed E-state index contributed by atoms with van der Waals surface area (Å²) in [5, 5.41) is 3.03. The Morgan fingerprint density at radius 3 is 2.86 bits per heavy atom. The van der Waals surface area contributed by atoms with Gasteiger partial charge in [-0.05, 0) is 17.5 Å². The van der Waals surface area contributed by atoms with Gasteiger partial charge in [-0.25, -0.2) is 0 Å². The highest BCUT2D eigenvalue weighted by molar-refractivity contribution is 5.99. The second kappa shape index (κ2) is 3.45. The van der Waals surface area contributed by atoms with E-state index in [9.17, 15) is 4.79 Å². The lowest BCUT2D eigenvalue weighted by Crippen LogP contribution is -2.23. The van der Waals surface area contributed by atoms with Gasteiger partial charge in [0, 0.05) is 5.56 Å². The molecule has 2 nitrogen and oxygen atoms in total. The smallest absolute Gasteiger partial charge is 0.252 e. The minimum atomic E-state index is 0.0749. The summed E-state index contributed by atoms with van der Waals surface area (Å²) in [5.41, 5.74) is 2.00. The molecular formula is C12H15NO. The molecule has 1 aromatic rings. The summed E-state index contributed by atoms with van der Waals surface area (Å²) in [5.74, 6) is 0.577. The van der Waals surface area contributed by atoms with Crippen LogP contribution in [0.25, 0.3) is 0 Å². The molecule has 0 radical (unpaired) electrons. The van der Waals surface area contributed by atoms with Crippen LogP contribution in [0.5, 0.6) is 0 Å². The van der Waals surface area contributed by atoms with E-state index in [4.69, 9.17) is 0 Å². The first-order valence-electron chi connectivity index (χ1n) is 5.13. The monoisotopic (exact) mass is 189 g/mol. The van der Waals surface area contributed by atoms with Gasteiger partial charge in [-0.3, -0.25) is 4.79 Å². The number of amides is 1. The van der Waals surface area contributed by atoms with Crippen molar-refractivity contribution in [3.63, 3.8) is 0 Å². The van der Waals surface area contributed by atoms with Crippen molar-refractivity contribution in [2.24, 2.45) is 5.92 Å². The Hall–Kier alpha value is -1.31. The summed E-state index contributed by atoms with van der Waals surface area (Å²) in [6, 6.07) is 8.06. The van der Waals surface area contributed by atoms with Crippen molar-refractivity contribution in [1.29, 1.82) is 0 Å². The summed E-state index contributed by atoms with van der Waals surface area (Å²) >= 11 is 0. The minimum Gasteiger partial charge on any atom is -0.345 e. The topological polar surface area (TPSA) is 29.1 Å². The number of carbonyl (C=O) groups excluding carboxylic acids is 1. The van der Waals surface area contributed by atoms with Crippen molar-refractivity contribution < 1.29 is 4.79 Å². The second-order valence-electron chi connectivity index (χ2n) is 3.92. The normalized spacial score (nSPS) is 21.6. The zero-order chi connectivity index (χ0) is 10.1. The summed E-state index contributed by atoms with van der Waals surface area (Å²) in [4.78, 5) is 11.6. The molecule has 1 N–H and O–H groups in total. The molecule has 0 bridgehead atoms. The predicted octanol–water partition coefficient (Wildman–Crippen LogP) is 2.52. The Morgan fingerprint density at radius 1 is 1.43 bits per heavy atom. The molecule has 1 heterocycles. The molecular weight excluding hydrogens is 174 g/mol. The first kappa shape index (κ1) is 9.25. The molecule has 1 amide bonds. The highest BCUT2D eigenvalue weighted by atomic mass is 16.2. The Morgan fingerprint density at radius 2 is 2.14 bits per heavy atom. The molecule has 0 aromatic heterocycles. The Labute approximate surface area is 84.3 Å². The van der Waals surface area contributed by atoms with Crippen LogP contribution in [0.4, 0.5) is 0 Å². The van der Waals surface area contributed by atoms with Gasteiger partial charge in [0.25, 0.3) is 5.91 Å². The third kappa shape index (κ3) is 1.31. The van der Waals surface area contributed by atoms with E-state index in [1.54, 1.807) is 0 Å². The van der Waals surface area contributed by atoms with Gasteiger partial charge in [0.15, 0.2) is 0 Å². The molecule has 2 atom stereocenters. The van der Waals surface area contributed by atoms with Crippen LogP contribution in [-0.4, -0.2) is 5.91 Å². The number of hydrogen-bond donors (Lipinski definition) is 1. The summed E-state index contributed by atoms with van der Waals surface area (Å²) in [6.45, 7) is 4.32. The van der Waals surface area contributed by atoms with Gasteiger partial charge in [0.2, 0.25) is 0 Å². The molecule has 0 aliphatic carbocycles. The molecule has 74 valence electrons. The van der Waals surface area contributed by atoms with E-state index >= 15 is 0 Å². The first-order chi connectivity index (χ1) is 6.74. The molecule has 14 heavy (non-hydrogen) atoms. The van der Waals surface area contributed by atoms with Gasteiger partial charge in [0.05, 0.1) is 6.04 Å². The van der Waals surface area contributed by atoms with Crippen molar-refractivity contribution in [2.75, 3.05) is 0 Å². The highest BCUT2D eigenvalue weighted by Gasteiger charge is 2.30. The third-order valence-electron chi connectivity index (χ3n) is 3.04. The number of hydrogen-bond acceptors (Lipinski definition) is 1. The lowest BCUT2D eigenvalue weighted by Gasteiger charge is -2.18. The highest BCUT2D eigenvalue weighted by Crippen LogP contribution is 2.31. The van der Waals surface area contributed by atoms with E-state index in [1.807, 2.05) is 24.3 Å². The largest absolute Gasteiger partial charge is 0.345 e. The Bertz CT molecular complexity index is 359. The van der Waals surface area contributed by atoms with Crippen molar-refractivity contribution in [3.8, 4) is 0 Å². The van der Waals surface area contributed by atoms with Crippen LogP contribution in [0.3, 0.4) is 0 Å². The van der Waals surface area contributed by atoms with E-state index in [2.05, 4.69) is 19.2 Å². The fourth-order valence-corrected chi connectivity index (χ4v) is 1.96. The van der Waals surface area contributed by atoms with Crippen LogP contribution in [0.15, 0.2) is 24.3 Å². The maximum atomic E-state index is 11.6. The first-order valence-corrected chi connectivity index (χ1v) is 5.13. The average Bonchev–Trinajstić information content (AvgIpc) is 2.56. The van der Waals surface area contributed by atoms with Gasteiger partial charge >= 0.3 is 0 Å². The molecule has 2 unspecified atom stereocenters. The summed E-state index contributed by atoms with van der Waals surface area (Å²) < 4.78 is 0. The molecule has 1 aliphatic heterocycles. The van der Waals surface area contributed by atoms with Crippen molar-refractivity contribution >= 4 is 5.91 Å². The number of rotatable bonds is 2. The average molecular weight is 189 g/mol. The van der Waals surface area contributed by atoms with Crippen LogP contribution in [-0.2, 0) is 0 Å². The van der Waals surface area contributed by atoms with Crippen LogP contribution >= 0.6 is 0 Å². The number of benzene rings is 1. The second-order valence-corrected chi connectivity index (χ2v) is 3.92. The van der Waals surface area contributed by atoms with E-state index in [-0.39, 0.29) is 11.9 Å². The molecule has 0 spiro atoms. The van der Waals surface area contributed by atoms with E-state index < -0.39 is 0 Å². The lowest BCUT2D eigenvalue weighted by atomic mass is 9.93. The SMILES string of the molecule is CCC(C)C1NC(=O)c2ccccc21. The fourth-order valence-electron chi connectivity index (χ4n) is 1.96. The van der Waals surface area contributed by atoms with Gasteiger partial charge in [-0.15, -0.1) is 0 Å². The fraction of sp³-hybridized carbons (Fsp3) is 0.417. The Kier molecular flexibility index (Phi) is 2.28. The van der Waals surface area contributed by atoms with E-state index in [1.165, 1.54) is 0 Å². The van der Waals surface area contributed by atoms with E-state index in [0.29, 0.717) is 5.92 Å². The number of fused-ring (bicyclic) bond motifs is 1. The summed E-state index contributed by atoms with van der Waals surface area (Å²) in [6.07, 6.45) is 1.08. The van der Waals surface area contributed by atoms with Crippen LogP contribution in [0, 0.1) is 5.92 Å². The van der Waals surface area contributed by atoms with Crippen molar-refractivity contribution in [2.45, 2.75) is 26.3 Å². The zero-order valence-electron chi connectivity index (χ0n) is 8.58. The maximum Gasteiger partial charge on any atom is 0.252 e. The quantitative estimate of drug-likeness (QED) is 0.761. The minimum absolute atomic E-state index is 0.0749. The number of nitrogens with one attached hydrogen (secondary N) is 1. The molecule has 2 rings (SSSR count). The van der Waals surface area contributed by atoms with E-state index in [0.717, 1.165) is 17.5 Å².